The van der Waals surface area contributed by atoms with Gasteiger partial charge in [0.2, 0.25) is 11.8 Å². The Morgan fingerprint density at radius 3 is 2.29 bits per heavy atom. The fraction of sp³-hybridized carbons (Fsp3) is 0.273. The third-order valence-electron chi connectivity index (χ3n) is 3.77. The minimum Gasteiger partial charge on any atom is -0.487 e. The molecule has 0 saturated carbocycles. The van der Waals surface area contributed by atoms with E-state index in [9.17, 15) is 9.59 Å². The zero-order valence-corrected chi connectivity index (χ0v) is 16.5. The first-order valence-electron chi connectivity index (χ1n) is 9.16. The van der Waals surface area contributed by atoms with E-state index in [0.29, 0.717) is 18.0 Å². The molecule has 0 fully saturated rings. The summed E-state index contributed by atoms with van der Waals surface area (Å²) < 4.78 is 5.65. The van der Waals surface area contributed by atoms with Crippen LogP contribution in [0.3, 0.4) is 0 Å². The fourth-order valence-corrected chi connectivity index (χ4v) is 2.23. The average molecular weight is 381 g/mol. The van der Waals surface area contributed by atoms with Gasteiger partial charge in [-0.05, 0) is 48.9 Å². The number of nitrogens with one attached hydrogen (secondary N) is 3. The van der Waals surface area contributed by atoms with Gasteiger partial charge in [0.1, 0.15) is 12.4 Å². The first-order chi connectivity index (χ1) is 13.3. The van der Waals surface area contributed by atoms with Gasteiger partial charge in [0.25, 0.3) is 0 Å². The van der Waals surface area contributed by atoms with Crippen molar-refractivity contribution in [3.63, 3.8) is 0 Å². The fourth-order valence-electron chi connectivity index (χ4n) is 2.23. The lowest BCUT2D eigenvalue weighted by molar-refractivity contribution is -0.119. The van der Waals surface area contributed by atoms with Crippen LogP contribution in [0.25, 0.3) is 0 Å². The topological polar surface area (TPSA) is 79.5 Å². The zero-order chi connectivity index (χ0) is 20.5. The molecule has 148 valence electrons. The van der Waals surface area contributed by atoms with E-state index in [1.807, 2.05) is 45.0 Å². The summed E-state index contributed by atoms with van der Waals surface area (Å²) in [5, 5.41) is 8.73. The van der Waals surface area contributed by atoms with Crippen LogP contribution in [-0.4, -0.2) is 25.0 Å². The molecular formula is C22H27N3O3. The lowest BCUT2D eigenvalue weighted by atomic mass is 10.2. The molecule has 0 radical (unpaired) electrons. The minimum atomic E-state index is -0.191. The van der Waals surface area contributed by atoms with Crippen molar-refractivity contribution in [1.29, 1.82) is 0 Å². The summed E-state index contributed by atoms with van der Waals surface area (Å²) in [6, 6.07) is 14.5. The van der Waals surface area contributed by atoms with Crippen LogP contribution in [0.5, 0.6) is 5.75 Å². The third-order valence-corrected chi connectivity index (χ3v) is 3.77. The highest BCUT2D eigenvalue weighted by molar-refractivity contribution is 5.95. The molecule has 0 atom stereocenters. The number of carbonyl (C=O) groups is 2. The highest BCUT2D eigenvalue weighted by Crippen LogP contribution is 2.24. The molecule has 0 heterocycles. The number of para-hydroxylation sites is 2. The summed E-state index contributed by atoms with van der Waals surface area (Å²) >= 11 is 0. The van der Waals surface area contributed by atoms with Crippen LogP contribution >= 0.6 is 0 Å². The number of hydrogen-bond acceptors (Lipinski definition) is 4. The summed E-state index contributed by atoms with van der Waals surface area (Å²) in [7, 11) is 0. The Morgan fingerprint density at radius 1 is 1.00 bits per heavy atom. The van der Waals surface area contributed by atoms with E-state index in [1.165, 1.54) is 0 Å². The molecular weight excluding hydrogens is 354 g/mol. The van der Waals surface area contributed by atoms with E-state index >= 15 is 0 Å². The summed E-state index contributed by atoms with van der Waals surface area (Å²) in [6.45, 7) is 9.86. The van der Waals surface area contributed by atoms with Crippen LogP contribution in [-0.2, 0) is 9.59 Å². The van der Waals surface area contributed by atoms with Gasteiger partial charge in [-0.2, -0.15) is 0 Å². The van der Waals surface area contributed by atoms with E-state index in [2.05, 4.69) is 22.5 Å². The monoisotopic (exact) mass is 381 g/mol. The van der Waals surface area contributed by atoms with Crippen molar-refractivity contribution < 1.29 is 14.3 Å². The normalized spacial score (nSPS) is 10.3. The Bertz CT molecular complexity index is 829. The van der Waals surface area contributed by atoms with Crippen molar-refractivity contribution in [2.24, 2.45) is 5.92 Å². The van der Waals surface area contributed by atoms with Gasteiger partial charge in [0.15, 0.2) is 0 Å². The number of anilines is 3. The maximum Gasteiger partial charge on any atom is 0.243 e. The lowest BCUT2D eigenvalue weighted by Gasteiger charge is -2.13. The molecule has 0 saturated heterocycles. The Hall–Kier alpha value is -3.28. The number of carbonyl (C=O) groups excluding carboxylic acids is 2. The van der Waals surface area contributed by atoms with Gasteiger partial charge < -0.3 is 20.7 Å². The maximum absolute atomic E-state index is 12.3. The Kier molecular flexibility index (Phi) is 7.63. The van der Waals surface area contributed by atoms with E-state index in [0.717, 1.165) is 16.9 Å². The van der Waals surface area contributed by atoms with Gasteiger partial charge in [-0.3, -0.25) is 9.59 Å². The van der Waals surface area contributed by atoms with Gasteiger partial charge >= 0.3 is 0 Å². The molecule has 28 heavy (non-hydrogen) atoms. The van der Waals surface area contributed by atoms with Crippen molar-refractivity contribution >= 4 is 28.9 Å². The van der Waals surface area contributed by atoms with Crippen LogP contribution in [0.2, 0.25) is 0 Å². The van der Waals surface area contributed by atoms with E-state index in [1.54, 1.807) is 24.3 Å². The molecule has 2 amide bonds. The summed E-state index contributed by atoms with van der Waals surface area (Å²) in [4.78, 5) is 24.0. The molecule has 3 N–H and O–H groups in total. The molecule has 0 aliphatic carbocycles. The van der Waals surface area contributed by atoms with Gasteiger partial charge in [-0.1, -0.05) is 32.6 Å². The molecule has 2 rings (SSSR count). The number of ether oxygens (including phenoxy) is 1. The third kappa shape index (κ3) is 6.79. The summed E-state index contributed by atoms with van der Waals surface area (Å²) in [5.74, 6) is 0.295. The molecule has 0 bridgehead atoms. The second kappa shape index (κ2) is 10.2. The Balaban J connectivity index is 1.87. The molecule has 0 aliphatic rings. The predicted octanol–water partition coefficient (Wildman–Crippen LogP) is 4.29. The molecule has 2 aromatic carbocycles. The van der Waals surface area contributed by atoms with Crippen molar-refractivity contribution in [3.8, 4) is 5.75 Å². The molecule has 0 aliphatic heterocycles. The first kappa shape index (κ1) is 21.0. The average Bonchev–Trinajstić information content (AvgIpc) is 2.66. The van der Waals surface area contributed by atoms with Crippen LogP contribution in [0.4, 0.5) is 17.1 Å². The van der Waals surface area contributed by atoms with Gasteiger partial charge in [-0.25, -0.2) is 0 Å². The predicted molar refractivity (Wildman–Crippen MR) is 114 cm³/mol. The van der Waals surface area contributed by atoms with E-state index in [4.69, 9.17) is 4.74 Å². The number of rotatable bonds is 9. The molecule has 6 heteroatoms. The standard InChI is InChI=1S/C22H27N3O3/c1-15(2)14-28-20-8-6-5-7-19(20)25-21(26)13-23-17-9-11-18(12-10-17)24-22(27)16(3)4/h5-12,16,23H,1,13-14H2,2-4H3,(H,24,27)(H,25,26). The largest absolute Gasteiger partial charge is 0.487 e. The molecule has 0 spiro atoms. The first-order valence-corrected chi connectivity index (χ1v) is 9.16. The molecule has 0 unspecified atom stereocenters. The van der Waals surface area contributed by atoms with Crippen LogP contribution in [0, 0.1) is 5.92 Å². The van der Waals surface area contributed by atoms with Gasteiger partial charge in [-0.15, -0.1) is 0 Å². The quantitative estimate of drug-likeness (QED) is 0.566. The Morgan fingerprint density at radius 2 is 1.64 bits per heavy atom. The second-order valence-corrected chi connectivity index (χ2v) is 6.86. The minimum absolute atomic E-state index is 0.0346. The zero-order valence-electron chi connectivity index (χ0n) is 16.5. The van der Waals surface area contributed by atoms with Crippen molar-refractivity contribution in [2.45, 2.75) is 20.8 Å². The molecule has 0 aromatic heterocycles. The molecule has 2 aromatic rings. The van der Waals surface area contributed by atoms with Crippen LogP contribution in [0.1, 0.15) is 20.8 Å². The van der Waals surface area contributed by atoms with E-state index in [-0.39, 0.29) is 24.3 Å². The highest BCUT2D eigenvalue weighted by atomic mass is 16.5. The van der Waals surface area contributed by atoms with Crippen molar-refractivity contribution in [1.82, 2.24) is 0 Å². The number of amides is 2. The lowest BCUT2D eigenvalue weighted by Crippen LogP contribution is -2.22. The van der Waals surface area contributed by atoms with E-state index < -0.39 is 0 Å². The second-order valence-electron chi connectivity index (χ2n) is 6.86. The smallest absolute Gasteiger partial charge is 0.243 e. The van der Waals surface area contributed by atoms with Crippen LogP contribution < -0.4 is 20.7 Å². The van der Waals surface area contributed by atoms with Crippen molar-refractivity contribution in [3.05, 3.63) is 60.7 Å². The molecule has 6 nitrogen and oxygen atoms in total. The summed E-state index contributed by atoms with van der Waals surface area (Å²) in [6.07, 6.45) is 0. The van der Waals surface area contributed by atoms with Gasteiger partial charge in [0.05, 0.1) is 12.2 Å². The van der Waals surface area contributed by atoms with Crippen molar-refractivity contribution in [2.75, 3.05) is 29.1 Å². The Labute approximate surface area is 166 Å². The SMILES string of the molecule is C=C(C)COc1ccccc1NC(=O)CNc1ccc(NC(=O)C(C)C)cc1. The number of benzene rings is 2. The van der Waals surface area contributed by atoms with Gasteiger partial charge in [0, 0.05) is 17.3 Å². The summed E-state index contributed by atoms with van der Waals surface area (Å²) in [5.41, 5.74) is 3.01. The highest BCUT2D eigenvalue weighted by Gasteiger charge is 2.09. The maximum atomic E-state index is 12.3. The number of hydrogen-bond donors (Lipinski definition) is 3. The van der Waals surface area contributed by atoms with Crippen LogP contribution in [0.15, 0.2) is 60.7 Å².